The average molecular weight is 419 g/mol. The number of nitrogens with zero attached hydrogens (tertiary/aromatic N) is 1. The Balaban J connectivity index is 1.86. The molecule has 10 heteroatoms. The van der Waals surface area contributed by atoms with E-state index in [-0.39, 0.29) is 23.7 Å². The van der Waals surface area contributed by atoms with Gasteiger partial charge in [0, 0.05) is 36.9 Å². The van der Waals surface area contributed by atoms with E-state index in [1.807, 2.05) is 25.1 Å². The summed E-state index contributed by atoms with van der Waals surface area (Å²) < 4.78 is 32.1. The first kappa shape index (κ1) is 22.1. The maximum Gasteiger partial charge on any atom is 0.270 e. The second-order valence-electron chi connectivity index (χ2n) is 5.75. The lowest BCUT2D eigenvalue weighted by molar-refractivity contribution is -0.385. The SMILES string of the molecule is CCOc1ccccc1/C=C/C(=O)NCCNS(=O)(=O)c1cccc([N+](=O)[O-])c1. The van der Waals surface area contributed by atoms with E-state index < -0.39 is 20.9 Å². The molecule has 2 aromatic carbocycles. The van der Waals surface area contributed by atoms with Gasteiger partial charge in [-0.05, 0) is 25.1 Å². The molecule has 0 aromatic heterocycles. The third kappa shape index (κ3) is 6.70. The third-order valence-corrected chi connectivity index (χ3v) is 5.15. The Morgan fingerprint density at radius 3 is 2.66 bits per heavy atom. The fourth-order valence-electron chi connectivity index (χ4n) is 2.35. The van der Waals surface area contributed by atoms with Crippen molar-refractivity contribution < 1.29 is 22.9 Å². The van der Waals surface area contributed by atoms with E-state index in [0.717, 1.165) is 11.6 Å². The molecular weight excluding hydrogens is 398 g/mol. The van der Waals surface area contributed by atoms with Gasteiger partial charge in [-0.1, -0.05) is 24.3 Å². The number of nitro benzene ring substituents is 1. The zero-order valence-corrected chi connectivity index (χ0v) is 16.5. The van der Waals surface area contributed by atoms with Gasteiger partial charge in [0.25, 0.3) is 5.69 Å². The zero-order valence-electron chi connectivity index (χ0n) is 15.7. The van der Waals surface area contributed by atoms with E-state index in [1.54, 1.807) is 12.1 Å². The lowest BCUT2D eigenvalue weighted by Crippen LogP contribution is -2.34. The Kier molecular flexibility index (Phi) is 7.87. The Hall–Kier alpha value is -3.24. The van der Waals surface area contributed by atoms with Gasteiger partial charge in [0.15, 0.2) is 0 Å². The summed E-state index contributed by atoms with van der Waals surface area (Å²) in [5, 5.41) is 13.3. The van der Waals surface area contributed by atoms with Gasteiger partial charge in [-0.2, -0.15) is 0 Å². The molecule has 0 bridgehead atoms. The van der Waals surface area contributed by atoms with Crippen LogP contribution in [-0.4, -0.2) is 38.9 Å². The number of hydrogen-bond donors (Lipinski definition) is 2. The molecule has 0 saturated carbocycles. The fourth-order valence-corrected chi connectivity index (χ4v) is 3.42. The van der Waals surface area contributed by atoms with Crippen LogP contribution in [0.2, 0.25) is 0 Å². The highest BCUT2D eigenvalue weighted by Crippen LogP contribution is 2.19. The van der Waals surface area contributed by atoms with Gasteiger partial charge in [-0.3, -0.25) is 14.9 Å². The van der Waals surface area contributed by atoms with Gasteiger partial charge in [0.2, 0.25) is 15.9 Å². The van der Waals surface area contributed by atoms with Crippen LogP contribution < -0.4 is 14.8 Å². The minimum absolute atomic E-state index is 0.0461. The highest BCUT2D eigenvalue weighted by molar-refractivity contribution is 7.89. The first-order valence-electron chi connectivity index (χ1n) is 8.75. The van der Waals surface area contributed by atoms with Gasteiger partial charge in [-0.15, -0.1) is 0 Å². The van der Waals surface area contributed by atoms with E-state index >= 15 is 0 Å². The maximum absolute atomic E-state index is 12.2. The standard InChI is InChI=1S/C19H21N3O6S/c1-2-28-18-9-4-3-6-15(18)10-11-19(23)20-12-13-21-29(26,27)17-8-5-7-16(14-17)22(24)25/h3-11,14,21H,2,12-13H2,1H3,(H,20,23)/b11-10+. The Labute approximate surface area is 168 Å². The quantitative estimate of drug-likeness (QED) is 0.263. The van der Waals surface area contributed by atoms with Crippen LogP contribution in [0.5, 0.6) is 5.75 Å². The minimum atomic E-state index is -3.92. The molecule has 0 aliphatic heterocycles. The van der Waals surface area contributed by atoms with E-state index in [9.17, 15) is 23.3 Å². The largest absolute Gasteiger partial charge is 0.493 e. The number of carbonyl (C=O) groups excluding carboxylic acids is 1. The van der Waals surface area contributed by atoms with E-state index in [0.29, 0.717) is 12.4 Å². The van der Waals surface area contributed by atoms with Crippen LogP contribution in [0, 0.1) is 10.1 Å². The Bertz CT molecular complexity index is 1000. The summed E-state index contributed by atoms with van der Waals surface area (Å²) >= 11 is 0. The molecular formula is C19H21N3O6S. The van der Waals surface area contributed by atoms with Crippen LogP contribution in [0.15, 0.2) is 59.5 Å². The number of non-ortho nitro benzene ring substituents is 1. The van der Waals surface area contributed by atoms with E-state index in [1.165, 1.54) is 24.3 Å². The van der Waals surface area contributed by atoms with Crippen molar-refractivity contribution in [3.8, 4) is 5.75 Å². The third-order valence-electron chi connectivity index (χ3n) is 3.69. The first-order valence-corrected chi connectivity index (χ1v) is 10.2. The molecule has 29 heavy (non-hydrogen) atoms. The van der Waals surface area contributed by atoms with Crippen LogP contribution in [0.4, 0.5) is 5.69 Å². The van der Waals surface area contributed by atoms with Crippen LogP contribution in [0.3, 0.4) is 0 Å². The summed E-state index contributed by atoms with van der Waals surface area (Å²) in [7, 11) is -3.92. The smallest absolute Gasteiger partial charge is 0.270 e. The molecule has 0 saturated heterocycles. The molecule has 0 aliphatic rings. The van der Waals surface area contributed by atoms with Crippen molar-refractivity contribution in [3.63, 3.8) is 0 Å². The van der Waals surface area contributed by atoms with Gasteiger partial charge in [0.05, 0.1) is 16.4 Å². The number of carbonyl (C=O) groups is 1. The predicted molar refractivity (Wildman–Crippen MR) is 108 cm³/mol. The summed E-state index contributed by atoms with van der Waals surface area (Å²) in [4.78, 5) is 21.8. The zero-order chi connectivity index (χ0) is 21.3. The molecule has 0 fully saturated rings. The van der Waals surface area contributed by atoms with Crippen molar-refractivity contribution in [2.75, 3.05) is 19.7 Å². The second kappa shape index (κ2) is 10.3. The van der Waals surface area contributed by atoms with Crippen LogP contribution >= 0.6 is 0 Å². The molecule has 1 amide bonds. The highest BCUT2D eigenvalue weighted by Gasteiger charge is 2.17. The number of benzene rings is 2. The van der Waals surface area contributed by atoms with Crippen molar-refractivity contribution in [3.05, 3.63) is 70.3 Å². The number of nitro groups is 1. The number of amides is 1. The molecule has 0 unspecified atom stereocenters. The van der Waals surface area contributed by atoms with Gasteiger partial charge < -0.3 is 10.1 Å². The molecule has 9 nitrogen and oxygen atoms in total. The Morgan fingerprint density at radius 1 is 1.17 bits per heavy atom. The van der Waals surface area contributed by atoms with Gasteiger partial charge in [0.1, 0.15) is 5.75 Å². The second-order valence-corrected chi connectivity index (χ2v) is 7.51. The average Bonchev–Trinajstić information content (AvgIpc) is 2.71. The summed E-state index contributed by atoms with van der Waals surface area (Å²) in [6, 6.07) is 12.0. The molecule has 0 atom stereocenters. The van der Waals surface area contributed by atoms with E-state index in [4.69, 9.17) is 4.74 Å². The lowest BCUT2D eigenvalue weighted by atomic mass is 10.2. The van der Waals surface area contributed by atoms with Crippen molar-refractivity contribution in [2.24, 2.45) is 0 Å². The van der Waals surface area contributed by atoms with Crippen LogP contribution in [0.1, 0.15) is 12.5 Å². The monoisotopic (exact) mass is 419 g/mol. The van der Waals surface area contributed by atoms with Crippen molar-refractivity contribution in [1.29, 1.82) is 0 Å². The molecule has 0 radical (unpaired) electrons. The van der Waals surface area contributed by atoms with Crippen molar-refractivity contribution >= 4 is 27.7 Å². The fraction of sp³-hybridized carbons (Fsp3) is 0.211. The van der Waals surface area contributed by atoms with Crippen molar-refractivity contribution in [1.82, 2.24) is 10.0 Å². The predicted octanol–water partition coefficient (Wildman–Crippen LogP) is 2.10. The Morgan fingerprint density at radius 2 is 1.93 bits per heavy atom. The molecule has 2 rings (SSSR count). The summed E-state index contributed by atoms with van der Waals surface area (Å²) in [5.41, 5.74) is 0.425. The number of nitrogens with one attached hydrogen (secondary N) is 2. The van der Waals surface area contributed by atoms with Gasteiger partial charge >= 0.3 is 0 Å². The molecule has 0 heterocycles. The van der Waals surface area contributed by atoms with Crippen LogP contribution in [-0.2, 0) is 14.8 Å². The van der Waals surface area contributed by atoms with Crippen molar-refractivity contribution in [2.45, 2.75) is 11.8 Å². The molecule has 2 aromatic rings. The van der Waals surface area contributed by atoms with Crippen LogP contribution in [0.25, 0.3) is 6.08 Å². The number of hydrogen-bond acceptors (Lipinski definition) is 6. The number of sulfonamides is 1. The summed E-state index contributed by atoms with van der Waals surface area (Å²) in [6.45, 7) is 2.34. The topological polar surface area (TPSA) is 128 Å². The number of ether oxygens (including phenoxy) is 1. The lowest BCUT2D eigenvalue weighted by Gasteiger charge is -2.07. The molecule has 154 valence electrons. The van der Waals surface area contributed by atoms with E-state index in [2.05, 4.69) is 10.0 Å². The number of rotatable bonds is 10. The molecule has 0 spiro atoms. The number of para-hydroxylation sites is 1. The molecule has 2 N–H and O–H groups in total. The maximum atomic E-state index is 12.2. The van der Waals surface area contributed by atoms with Gasteiger partial charge in [-0.25, -0.2) is 13.1 Å². The molecule has 0 aliphatic carbocycles. The minimum Gasteiger partial charge on any atom is -0.493 e. The first-order chi connectivity index (χ1) is 13.8. The summed E-state index contributed by atoms with van der Waals surface area (Å²) in [6.07, 6.45) is 2.93. The normalized spacial score (nSPS) is 11.3. The summed E-state index contributed by atoms with van der Waals surface area (Å²) in [5.74, 6) is 0.259. The highest BCUT2D eigenvalue weighted by atomic mass is 32.2.